The zero-order chi connectivity index (χ0) is 15.3. The van der Waals surface area contributed by atoms with Gasteiger partial charge in [0.25, 0.3) is 5.91 Å². The van der Waals surface area contributed by atoms with Crippen molar-refractivity contribution in [2.24, 2.45) is 0 Å². The van der Waals surface area contributed by atoms with Crippen LogP contribution in [0.2, 0.25) is 0 Å². The number of carbonyl (C=O) groups is 2. The van der Waals surface area contributed by atoms with Gasteiger partial charge in [-0.15, -0.1) is 0 Å². The third kappa shape index (κ3) is 4.29. The van der Waals surface area contributed by atoms with E-state index in [9.17, 15) is 14.7 Å². The summed E-state index contributed by atoms with van der Waals surface area (Å²) in [5, 5.41) is 15.6. The monoisotopic (exact) mass is 290 g/mol. The Balaban J connectivity index is 1.87. The molecule has 0 heterocycles. The van der Waals surface area contributed by atoms with Crippen molar-refractivity contribution in [1.29, 1.82) is 0 Å². The van der Waals surface area contributed by atoms with E-state index >= 15 is 0 Å². The van der Waals surface area contributed by atoms with E-state index in [1.807, 2.05) is 6.07 Å². The fourth-order valence-corrected chi connectivity index (χ4v) is 2.74. The lowest BCUT2D eigenvalue weighted by molar-refractivity contribution is -0.126. The second-order valence-corrected chi connectivity index (χ2v) is 5.66. The minimum Gasteiger partial charge on any atom is -0.389 e. The normalized spacial score (nSPS) is 16.5. The molecule has 1 aromatic carbocycles. The molecule has 0 unspecified atom stereocenters. The summed E-state index contributed by atoms with van der Waals surface area (Å²) in [5.41, 5.74) is 0.607. The molecule has 0 saturated heterocycles. The molecule has 1 aromatic rings. The van der Waals surface area contributed by atoms with Gasteiger partial charge in [0.05, 0.1) is 12.0 Å². The molecule has 0 spiro atoms. The largest absolute Gasteiger partial charge is 0.389 e. The summed E-state index contributed by atoms with van der Waals surface area (Å²) >= 11 is 0. The van der Waals surface area contributed by atoms with Crippen molar-refractivity contribution < 1.29 is 14.7 Å². The average Bonchev–Trinajstić information content (AvgIpc) is 2.91. The van der Waals surface area contributed by atoms with Crippen LogP contribution in [0.4, 0.5) is 0 Å². The van der Waals surface area contributed by atoms with Gasteiger partial charge in [-0.05, 0) is 30.5 Å². The number of nitrogens with one attached hydrogen (secondary N) is 2. The predicted octanol–water partition coefficient (Wildman–Crippen LogP) is 1.36. The molecule has 0 aliphatic heterocycles. The molecule has 5 heteroatoms. The highest BCUT2D eigenvalue weighted by atomic mass is 16.3. The SMILES string of the molecule is CNC(=O)c1cccc(CNC(=O)CC2(O)CCCC2)c1. The number of carbonyl (C=O) groups excluding carboxylic acids is 2. The highest BCUT2D eigenvalue weighted by Gasteiger charge is 2.33. The first-order valence-electron chi connectivity index (χ1n) is 7.32. The van der Waals surface area contributed by atoms with Gasteiger partial charge in [-0.3, -0.25) is 9.59 Å². The van der Waals surface area contributed by atoms with Crippen LogP contribution in [-0.2, 0) is 11.3 Å². The molecule has 1 aliphatic carbocycles. The zero-order valence-electron chi connectivity index (χ0n) is 12.3. The van der Waals surface area contributed by atoms with Crippen LogP contribution in [0.15, 0.2) is 24.3 Å². The number of hydrogen-bond donors (Lipinski definition) is 3. The van der Waals surface area contributed by atoms with E-state index < -0.39 is 5.60 Å². The highest BCUT2D eigenvalue weighted by Crippen LogP contribution is 2.32. The number of benzene rings is 1. The van der Waals surface area contributed by atoms with Crippen molar-refractivity contribution in [2.75, 3.05) is 7.05 Å². The third-order valence-corrected chi connectivity index (χ3v) is 3.93. The number of amides is 2. The molecule has 1 fully saturated rings. The number of hydrogen-bond acceptors (Lipinski definition) is 3. The Kier molecular flexibility index (Phi) is 4.96. The van der Waals surface area contributed by atoms with Crippen LogP contribution in [0, 0.1) is 0 Å². The van der Waals surface area contributed by atoms with E-state index in [1.165, 1.54) is 0 Å². The summed E-state index contributed by atoms with van der Waals surface area (Å²) < 4.78 is 0. The highest BCUT2D eigenvalue weighted by molar-refractivity contribution is 5.94. The topological polar surface area (TPSA) is 78.4 Å². The van der Waals surface area contributed by atoms with Gasteiger partial charge >= 0.3 is 0 Å². The molecule has 0 radical (unpaired) electrons. The molecule has 2 amide bonds. The molecule has 114 valence electrons. The zero-order valence-corrected chi connectivity index (χ0v) is 12.3. The Bertz CT molecular complexity index is 522. The van der Waals surface area contributed by atoms with Crippen LogP contribution < -0.4 is 10.6 Å². The summed E-state index contributed by atoms with van der Waals surface area (Å²) in [6.45, 7) is 0.361. The molecule has 1 saturated carbocycles. The Labute approximate surface area is 124 Å². The van der Waals surface area contributed by atoms with Gasteiger partial charge in [0.2, 0.25) is 5.91 Å². The fourth-order valence-electron chi connectivity index (χ4n) is 2.74. The van der Waals surface area contributed by atoms with Gasteiger partial charge < -0.3 is 15.7 Å². The molecule has 21 heavy (non-hydrogen) atoms. The molecule has 3 N–H and O–H groups in total. The van der Waals surface area contributed by atoms with Crippen molar-refractivity contribution >= 4 is 11.8 Å². The Hall–Kier alpha value is -1.88. The summed E-state index contributed by atoms with van der Waals surface area (Å²) in [6, 6.07) is 7.13. The Morgan fingerprint density at radius 2 is 2.00 bits per heavy atom. The number of rotatable bonds is 5. The smallest absolute Gasteiger partial charge is 0.251 e. The molecule has 0 aromatic heterocycles. The van der Waals surface area contributed by atoms with Crippen molar-refractivity contribution in [3.05, 3.63) is 35.4 Å². The minimum absolute atomic E-state index is 0.148. The lowest BCUT2D eigenvalue weighted by Crippen LogP contribution is -2.34. The first-order chi connectivity index (χ1) is 10.0. The quantitative estimate of drug-likeness (QED) is 0.766. The van der Waals surface area contributed by atoms with E-state index in [4.69, 9.17) is 0 Å². The van der Waals surface area contributed by atoms with Crippen LogP contribution in [0.5, 0.6) is 0 Å². The molecule has 1 aliphatic rings. The van der Waals surface area contributed by atoms with Crippen LogP contribution in [0.3, 0.4) is 0 Å². The van der Waals surface area contributed by atoms with E-state index in [1.54, 1.807) is 25.2 Å². The summed E-state index contributed by atoms with van der Waals surface area (Å²) in [6.07, 6.45) is 3.52. The second-order valence-electron chi connectivity index (χ2n) is 5.66. The first kappa shape index (κ1) is 15.5. The van der Waals surface area contributed by atoms with E-state index in [0.29, 0.717) is 24.9 Å². The lowest BCUT2D eigenvalue weighted by Gasteiger charge is -2.21. The summed E-state index contributed by atoms with van der Waals surface area (Å²) in [5.74, 6) is -0.298. The second kappa shape index (κ2) is 6.72. The molecule has 0 bridgehead atoms. The molecular weight excluding hydrogens is 268 g/mol. The van der Waals surface area contributed by atoms with Crippen LogP contribution >= 0.6 is 0 Å². The van der Waals surface area contributed by atoms with Crippen molar-refractivity contribution in [1.82, 2.24) is 10.6 Å². The van der Waals surface area contributed by atoms with Gasteiger partial charge in [0.15, 0.2) is 0 Å². The van der Waals surface area contributed by atoms with Gasteiger partial charge in [-0.25, -0.2) is 0 Å². The van der Waals surface area contributed by atoms with Gasteiger partial charge in [-0.1, -0.05) is 25.0 Å². The number of aliphatic hydroxyl groups is 1. The molecule has 5 nitrogen and oxygen atoms in total. The minimum atomic E-state index is -0.825. The Morgan fingerprint density at radius 3 is 2.67 bits per heavy atom. The van der Waals surface area contributed by atoms with Crippen LogP contribution in [0.25, 0.3) is 0 Å². The van der Waals surface area contributed by atoms with Crippen molar-refractivity contribution in [3.63, 3.8) is 0 Å². The van der Waals surface area contributed by atoms with Crippen molar-refractivity contribution in [3.8, 4) is 0 Å². The van der Waals surface area contributed by atoms with Gasteiger partial charge in [-0.2, -0.15) is 0 Å². The maximum absolute atomic E-state index is 11.9. The third-order valence-electron chi connectivity index (χ3n) is 3.93. The van der Waals surface area contributed by atoms with E-state index in [2.05, 4.69) is 10.6 Å². The Morgan fingerprint density at radius 1 is 1.29 bits per heavy atom. The first-order valence-corrected chi connectivity index (χ1v) is 7.32. The van der Waals surface area contributed by atoms with Crippen LogP contribution in [0.1, 0.15) is 48.0 Å². The standard InChI is InChI=1S/C16H22N2O3/c1-17-15(20)13-6-4-5-12(9-13)11-18-14(19)10-16(21)7-2-3-8-16/h4-6,9,21H,2-3,7-8,10-11H2,1H3,(H,17,20)(H,18,19). The van der Waals surface area contributed by atoms with Gasteiger partial charge in [0, 0.05) is 19.2 Å². The van der Waals surface area contributed by atoms with Gasteiger partial charge in [0.1, 0.15) is 0 Å². The lowest BCUT2D eigenvalue weighted by atomic mass is 9.97. The fraction of sp³-hybridized carbons (Fsp3) is 0.500. The predicted molar refractivity (Wildman–Crippen MR) is 79.7 cm³/mol. The molecular formula is C16H22N2O3. The van der Waals surface area contributed by atoms with Crippen LogP contribution in [-0.4, -0.2) is 29.6 Å². The maximum atomic E-state index is 11.9. The van der Waals surface area contributed by atoms with E-state index in [0.717, 1.165) is 18.4 Å². The molecule has 0 atom stereocenters. The van der Waals surface area contributed by atoms with Crippen molar-refractivity contribution in [2.45, 2.75) is 44.2 Å². The summed E-state index contributed by atoms with van der Waals surface area (Å²) in [7, 11) is 1.58. The van der Waals surface area contributed by atoms with E-state index in [-0.39, 0.29) is 18.2 Å². The molecule has 2 rings (SSSR count). The average molecular weight is 290 g/mol. The summed E-state index contributed by atoms with van der Waals surface area (Å²) in [4.78, 5) is 23.4. The maximum Gasteiger partial charge on any atom is 0.251 e.